The van der Waals surface area contributed by atoms with Gasteiger partial charge in [-0.3, -0.25) is 9.69 Å². The fourth-order valence-electron chi connectivity index (χ4n) is 4.34. The Balaban J connectivity index is 1.67. The number of imidazole rings is 1. The monoisotopic (exact) mass is 376 g/mol. The van der Waals surface area contributed by atoms with E-state index in [9.17, 15) is 4.79 Å². The number of likely N-dealkylation sites (tertiary alicyclic amines) is 1. The molecule has 28 heavy (non-hydrogen) atoms. The SMILES string of the molecule is CCN(CC)C(C(=O)N1CCC[C@H]1c1nc2ccccc2[nH]1)c1ccccc1. The Labute approximate surface area is 166 Å². The molecular weight excluding hydrogens is 348 g/mol. The number of carbonyl (C=O) groups is 1. The standard InChI is InChI=1S/C23H28N4O/c1-3-26(4-2)21(17-11-6-5-7-12-17)23(28)27-16-10-15-20(27)22-24-18-13-8-9-14-19(18)25-22/h5-9,11-14,20-21H,3-4,10,15-16H2,1-2H3,(H,24,25)/t20-,21?/m0/s1. The van der Waals surface area contributed by atoms with Crippen molar-refractivity contribution in [1.29, 1.82) is 0 Å². The Morgan fingerprint density at radius 1 is 1.14 bits per heavy atom. The number of fused-ring (bicyclic) bond motifs is 1. The fourth-order valence-corrected chi connectivity index (χ4v) is 4.34. The summed E-state index contributed by atoms with van der Waals surface area (Å²) < 4.78 is 0. The highest BCUT2D eigenvalue weighted by molar-refractivity contribution is 5.84. The summed E-state index contributed by atoms with van der Waals surface area (Å²) in [4.78, 5) is 26.2. The summed E-state index contributed by atoms with van der Waals surface area (Å²) in [6.07, 6.45) is 1.96. The lowest BCUT2D eigenvalue weighted by Gasteiger charge is -2.34. The van der Waals surface area contributed by atoms with Crippen LogP contribution >= 0.6 is 0 Å². The van der Waals surface area contributed by atoms with Crippen molar-refractivity contribution in [2.24, 2.45) is 0 Å². The highest BCUT2D eigenvalue weighted by atomic mass is 16.2. The van der Waals surface area contributed by atoms with Gasteiger partial charge < -0.3 is 9.88 Å². The van der Waals surface area contributed by atoms with E-state index in [4.69, 9.17) is 4.98 Å². The molecule has 1 aliphatic rings. The van der Waals surface area contributed by atoms with E-state index in [0.29, 0.717) is 0 Å². The van der Waals surface area contributed by atoms with Gasteiger partial charge in [-0.15, -0.1) is 0 Å². The number of rotatable bonds is 6. The molecule has 3 aromatic rings. The Morgan fingerprint density at radius 2 is 1.86 bits per heavy atom. The first-order valence-corrected chi connectivity index (χ1v) is 10.3. The number of aromatic amines is 1. The normalized spacial score (nSPS) is 18.1. The molecule has 0 spiro atoms. The third-order valence-corrected chi connectivity index (χ3v) is 5.79. The van der Waals surface area contributed by atoms with Gasteiger partial charge in [0.1, 0.15) is 11.9 Å². The summed E-state index contributed by atoms with van der Waals surface area (Å²) in [5, 5.41) is 0. The second-order valence-corrected chi connectivity index (χ2v) is 7.36. The van der Waals surface area contributed by atoms with Gasteiger partial charge in [-0.25, -0.2) is 4.98 Å². The minimum absolute atomic E-state index is 0.0154. The van der Waals surface area contributed by atoms with Crippen LogP contribution in [0.15, 0.2) is 54.6 Å². The average Bonchev–Trinajstić information content (AvgIpc) is 3.38. The third-order valence-electron chi connectivity index (χ3n) is 5.79. The third kappa shape index (κ3) is 3.42. The molecule has 2 heterocycles. The zero-order chi connectivity index (χ0) is 19.5. The van der Waals surface area contributed by atoms with Gasteiger partial charge in [-0.1, -0.05) is 56.3 Å². The molecule has 1 aliphatic heterocycles. The number of H-pyrrole nitrogens is 1. The molecule has 1 aromatic heterocycles. The molecule has 1 unspecified atom stereocenters. The molecule has 1 saturated heterocycles. The van der Waals surface area contributed by atoms with Crippen molar-refractivity contribution in [3.63, 3.8) is 0 Å². The number of hydrogen-bond donors (Lipinski definition) is 1. The summed E-state index contributed by atoms with van der Waals surface area (Å²) in [5.74, 6) is 1.08. The van der Waals surface area contributed by atoms with Gasteiger partial charge in [0.05, 0.1) is 17.1 Å². The Hall–Kier alpha value is -2.66. The molecule has 0 aliphatic carbocycles. The van der Waals surface area contributed by atoms with Gasteiger partial charge in [-0.2, -0.15) is 0 Å². The second-order valence-electron chi connectivity index (χ2n) is 7.36. The Morgan fingerprint density at radius 3 is 2.57 bits per heavy atom. The van der Waals surface area contributed by atoms with Gasteiger partial charge in [0, 0.05) is 6.54 Å². The fraction of sp³-hybridized carbons (Fsp3) is 0.391. The van der Waals surface area contributed by atoms with Crippen LogP contribution in [0.3, 0.4) is 0 Å². The van der Waals surface area contributed by atoms with Crippen molar-refractivity contribution in [3.05, 3.63) is 66.0 Å². The van der Waals surface area contributed by atoms with Crippen LogP contribution in [0, 0.1) is 0 Å². The molecule has 146 valence electrons. The predicted molar refractivity (Wildman–Crippen MR) is 112 cm³/mol. The summed E-state index contributed by atoms with van der Waals surface area (Å²) >= 11 is 0. The van der Waals surface area contributed by atoms with E-state index < -0.39 is 0 Å². The van der Waals surface area contributed by atoms with Gasteiger partial charge in [0.25, 0.3) is 0 Å². The van der Waals surface area contributed by atoms with Crippen molar-refractivity contribution in [3.8, 4) is 0 Å². The van der Waals surface area contributed by atoms with E-state index in [1.165, 1.54) is 0 Å². The van der Waals surface area contributed by atoms with Crippen molar-refractivity contribution in [2.75, 3.05) is 19.6 Å². The summed E-state index contributed by atoms with van der Waals surface area (Å²) in [7, 11) is 0. The minimum atomic E-state index is -0.249. The highest BCUT2D eigenvalue weighted by Gasteiger charge is 2.37. The van der Waals surface area contributed by atoms with E-state index >= 15 is 0 Å². The van der Waals surface area contributed by atoms with Crippen LogP contribution in [0.4, 0.5) is 0 Å². The molecule has 2 aromatic carbocycles. The van der Waals surface area contributed by atoms with Crippen LogP contribution in [-0.4, -0.2) is 45.3 Å². The molecule has 0 bridgehead atoms. The van der Waals surface area contributed by atoms with Crippen molar-refractivity contribution in [2.45, 2.75) is 38.8 Å². The largest absolute Gasteiger partial charge is 0.340 e. The van der Waals surface area contributed by atoms with Gasteiger partial charge in [0.2, 0.25) is 5.91 Å². The van der Waals surface area contributed by atoms with Crippen LogP contribution in [0.2, 0.25) is 0 Å². The molecule has 0 saturated carbocycles. The molecule has 5 heteroatoms. The zero-order valence-corrected chi connectivity index (χ0v) is 16.6. The number of amides is 1. The lowest BCUT2D eigenvalue weighted by Crippen LogP contribution is -2.43. The molecular formula is C23H28N4O. The summed E-state index contributed by atoms with van der Waals surface area (Å²) in [6.45, 7) is 6.70. The maximum Gasteiger partial charge on any atom is 0.245 e. The molecule has 2 atom stereocenters. The van der Waals surface area contributed by atoms with Crippen LogP contribution in [0.1, 0.15) is 50.2 Å². The maximum absolute atomic E-state index is 13.7. The molecule has 5 nitrogen and oxygen atoms in total. The van der Waals surface area contributed by atoms with E-state index in [2.05, 4.69) is 35.9 Å². The molecule has 0 radical (unpaired) electrons. The number of nitrogens with zero attached hydrogens (tertiary/aromatic N) is 3. The van der Waals surface area contributed by atoms with Gasteiger partial charge in [0.15, 0.2) is 0 Å². The second kappa shape index (κ2) is 8.15. The number of nitrogens with one attached hydrogen (secondary N) is 1. The lowest BCUT2D eigenvalue weighted by molar-refractivity contribution is -0.138. The Bertz CT molecular complexity index is 899. The number of hydrogen-bond acceptors (Lipinski definition) is 3. The number of carbonyl (C=O) groups excluding carboxylic acids is 1. The Kier molecular flexibility index (Phi) is 5.44. The van der Waals surface area contributed by atoms with E-state index in [-0.39, 0.29) is 18.0 Å². The topological polar surface area (TPSA) is 52.2 Å². The smallest absolute Gasteiger partial charge is 0.245 e. The van der Waals surface area contributed by atoms with Crippen LogP contribution in [-0.2, 0) is 4.79 Å². The van der Waals surface area contributed by atoms with Crippen LogP contribution in [0.25, 0.3) is 11.0 Å². The zero-order valence-electron chi connectivity index (χ0n) is 16.6. The average molecular weight is 377 g/mol. The molecule has 1 amide bonds. The lowest BCUT2D eigenvalue weighted by atomic mass is 10.0. The molecule has 1 fully saturated rings. The first-order valence-electron chi connectivity index (χ1n) is 10.3. The van der Waals surface area contributed by atoms with Crippen molar-refractivity contribution < 1.29 is 4.79 Å². The number of likely N-dealkylation sites (N-methyl/N-ethyl adjacent to an activating group) is 1. The summed E-state index contributed by atoms with van der Waals surface area (Å²) in [5.41, 5.74) is 3.05. The summed E-state index contributed by atoms with van der Waals surface area (Å²) in [6, 6.07) is 18.0. The van der Waals surface area contributed by atoms with Crippen LogP contribution < -0.4 is 0 Å². The predicted octanol–water partition coefficient (Wildman–Crippen LogP) is 4.31. The van der Waals surface area contributed by atoms with Crippen molar-refractivity contribution in [1.82, 2.24) is 19.8 Å². The highest BCUT2D eigenvalue weighted by Crippen LogP contribution is 2.35. The van der Waals surface area contributed by atoms with Gasteiger partial charge in [-0.05, 0) is 43.6 Å². The molecule has 4 rings (SSSR count). The van der Waals surface area contributed by atoms with Crippen LogP contribution in [0.5, 0.6) is 0 Å². The quantitative estimate of drug-likeness (QED) is 0.697. The first kappa shape index (κ1) is 18.7. The van der Waals surface area contributed by atoms with E-state index in [1.807, 2.05) is 47.4 Å². The first-order chi connectivity index (χ1) is 13.7. The maximum atomic E-state index is 13.7. The minimum Gasteiger partial charge on any atom is -0.340 e. The van der Waals surface area contributed by atoms with E-state index in [1.54, 1.807) is 0 Å². The number of para-hydroxylation sites is 2. The van der Waals surface area contributed by atoms with E-state index in [0.717, 1.165) is 54.9 Å². The van der Waals surface area contributed by atoms with Crippen molar-refractivity contribution >= 4 is 16.9 Å². The number of benzene rings is 2. The number of aromatic nitrogens is 2. The van der Waals surface area contributed by atoms with Gasteiger partial charge >= 0.3 is 0 Å². The molecule has 1 N–H and O–H groups in total.